The average molecular weight is 386 g/mol. The lowest BCUT2D eigenvalue weighted by molar-refractivity contribution is 0.531. The Morgan fingerprint density at radius 1 is 0.966 bits per heavy atom. The predicted octanol–water partition coefficient (Wildman–Crippen LogP) is 2.96. The van der Waals surface area contributed by atoms with Crippen LogP contribution in [0.25, 0.3) is 11.1 Å². The van der Waals surface area contributed by atoms with Gasteiger partial charge >= 0.3 is 0 Å². The molecule has 0 amide bonds. The molecule has 1 atom stereocenters. The molecule has 0 radical (unpaired) electrons. The van der Waals surface area contributed by atoms with Crippen molar-refractivity contribution in [3.8, 4) is 11.1 Å². The molecule has 144 valence electrons. The molecule has 0 spiro atoms. The van der Waals surface area contributed by atoms with E-state index in [4.69, 9.17) is 15.7 Å². The summed E-state index contributed by atoms with van der Waals surface area (Å²) in [5.41, 5.74) is 8.88. The van der Waals surface area contributed by atoms with Crippen molar-refractivity contribution in [3.05, 3.63) is 84.2 Å². The first kappa shape index (κ1) is 17.5. The maximum atomic E-state index is 13.7. The summed E-state index contributed by atoms with van der Waals surface area (Å²) in [6.07, 6.45) is 7.27. The minimum atomic E-state index is -0.857. The van der Waals surface area contributed by atoms with Crippen molar-refractivity contribution >= 4 is 11.8 Å². The van der Waals surface area contributed by atoms with E-state index in [2.05, 4.69) is 9.97 Å². The highest BCUT2D eigenvalue weighted by molar-refractivity contribution is 6.12. The Labute approximate surface area is 167 Å². The Bertz CT molecular complexity index is 1130. The molecule has 1 unspecified atom stereocenters. The third-order valence-corrected chi connectivity index (χ3v) is 5.36. The van der Waals surface area contributed by atoms with Crippen molar-refractivity contribution in [1.82, 2.24) is 14.9 Å². The van der Waals surface area contributed by atoms with Crippen molar-refractivity contribution in [2.24, 2.45) is 15.7 Å². The van der Waals surface area contributed by atoms with Crippen molar-refractivity contribution in [2.45, 2.75) is 12.0 Å². The van der Waals surface area contributed by atoms with E-state index in [1.807, 2.05) is 41.3 Å². The Morgan fingerprint density at radius 3 is 2.66 bits per heavy atom. The Hall–Kier alpha value is -3.61. The van der Waals surface area contributed by atoms with Gasteiger partial charge in [-0.05, 0) is 47.4 Å². The molecular weight excluding hydrogens is 367 g/mol. The Morgan fingerprint density at radius 2 is 1.83 bits per heavy atom. The van der Waals surface area contributed by atoms with Gasteiger partial charge < -0.3 is 5.73 Å². The quantitative estimate of drug-likeness (QED) is 0.751. The molecule has 3 aromatic rings. The van der Waals surface area contributed by atoms with E-state index in [0.29, 0.717) is 11.5 Å². The van der Waals surface area contributed by atoms with Crippen molar-refractivity contribution in [3.63, 3.8) is 0 Å². The molecule has 5 rings (SSSR count). The number of hydrogen-bond donors (Lipinski definition) is 1. The second kappa shape index (κ2) is 6.77. The fraction of sp³-hybridized carbons (Fsp3) is 0.182. The number of rotatable bonds is 3. The Balaban J connectivity index is 1.74. The van der Waals surface area contributed by atoms with Gasteiger partial charge in [-0.3, -0.25) is 19.9 Å². The first-order chi connectivity index (χ1) is 14.2. The highest BCUT2D eigenvalue weighted by atomic mass is 19.1. The summed E-state index contributed by atoms with van der Waals surface area (Å²) in [4.78, 5) is 19.9. The van der Waals surface area contributed by atoms with Crippen LogP contribution in [0, 0.1) is 5.82 Å². The molecule has 2 aliphatic rings. The number of halogens is 1. The summed E-state index contributed by atoms with van der Waals surface area (Å²) in [5.74, 6) is 0.905. The zero-order valence-electron chi connectivity index (χ0n) is 15.7. The van der Waals surface area contributed by atoms with Crippen LogP contribution in [-0.2, 0) is 5.54 Å². The highest BCUT2D eigenvalue weighted by Gasteiger charge is 2.49. The molecule has 1 aromatic carbocycles. The number of hydrogen-bond acceptors (Lipinski definition) is 6. The maximum Gasteiger partial charge on any atom is 0.198 e. The first-order valence-electron chi connectivity index (χ1n) is 9.48. The highest BCUT2D eigenvalue weighted by Crippen LogP contribution is 2.42. The molecule has 0 bridgehead atoms. The molecule has 6 nitrogen and oxygen atoms in total. The SMILES string of the molecule is NC1=NC(c2ccncc2)(c2cccc(-c3cncc(F)c3)c2)C2=NCCCN12. The van der Waals surface area contributed by atoms with E-state index in [-0.39, 0.29) is 5.82 Å². The average Bonchev–Trinajstić information content (AvgIpc) is 3.08. The molecule has 2 aromatic heterocycles. The van der Waals surface area contributed by atoms with Crippen LogP contribution in [0.1, 0.15) is 17.5 Å². The molecule has 29 heavy (non-hydrogen) atoms. The normalized spacial score (nSPS) is 20.8. The number of amidine groups is 1. The minimum absolute atomic E-state index is 0.372. The van der Waals surface area contributed by atoms with Crippen molar-refractivity contribution < 1.29 is 4.39 Å². The standard InChI is InChI=1S/C22H19FN6/c23-19-12-16(13-26-14-19)15-3-1-4-18(11-15)22(17-5-8-25-9-6-17)20-27-7-2-10-29(20)21(24)28-22/h1,3-6,8-9,11-14H,2,7,10H2,(H2,24,28). The first-order valence-corrected chi connectivity index (χ1v) is 9.48. The van der Waals surface area contributed by atoms with E-state index in [1.165, 1.54) is 12.3 Å². The molecule has 0 saturated heterocycles. The van der Waals surface area contributed by atoms with E-state index < -0.39 is 5.54 Å². The Kier molecular flexibility index (Phi) is 4.08. The van der Waals surface area contributed by atoms with E-state index >= 15 is 0 Å². The number of pyridine rings is 2. The largest absolute Gasteiger partial charge is 0.369 e. The van der Waals surface area contributed by atoms with Crippen LogP contribution in [-0.4, -0.2) is 39.8 Å². The van der Waals surface area contributed by atoms with Gasteiger partial charge in [0.2, 0.25) is 0 Å². The van der Waals surface area contributed by atoms with Gasteiger partial charge in [0.25, 0.3) is 0 Å². The van der Waals surface area contributed by atoms with Gasteiger partial charge in [-0.1, -0.05) is 18.2 Å². The predicted molar refractivity (Wildman–Crippen MR) is 110 cm³/mol. The number of nitrogens with two attached hydrogens (primary N) is 1. The molecule has 2 N–H and O–H groups in total. The second-order valence-electron chi connectivity index (χ2n) is 7.10. The molecule has 4 heterocycles. The second-order valence-corrected chi connectivity index (χ2v) is 7.10. The van der Waals surface area contributed by atoms with Gasteiger partial charge in [-0.15, -0.1) is 0 Å². The van der Waals surface area contributed by atoms with Crippen LogP contribution in [0.4, 0.5) is 4.39 Å². The zero-order valence-corrected chi connectivity index (χ0v) is 15.7. The smallest absolute Gasteiger partial charge is 0.198 e. The van der Waals surface area contributed by atoms with Crippen LogP contribution in [0.3, 0.4) is 0 Å². The number of guanidine groups is 1. The van der Waals surface area contributed by atoms with E-state index in [0.717, 1.165) is 42.0 Å². The number of fused-ring (bicyclic) bond motifs is 1. The monoisotopic (exact) mass is 386 g/mol. The topological polar surface area (TPSA) is 79.8 Å². The van der Waals surface area contributed by atoms with Gasteiger partial charge in [0, 0.05) is 37.2 Å². The third-order valence-electron chi connectivity index (χ3n) is 5.36. The summed E-state index contributed by atoms with van der Waals surface area (Å²) >= 11 is 0. The fourth-order valence-corrected chi connectivity index (χ4v) is 4.06. The van der Waals surface area contributed by atoms with Crippen LogP contribution in [0.5, 0.6) is 0 Å². The van der Waals surface area contributed by atoms with E-state index in [1.54, 1.807) is 18.6 Å². The van der Waals surface area contributed by atoms with Crippen molar-refractivity contribution in [2.75, 3.05) is 13.1 Å². The molecule has 0 fully saturated rings. The molecule has 0 saturated carbocycles. The van der Waals surface area contributed by atoms with Crippen LogP contribution in [0.2, 0.25) is 0 Å². The summed E-state index contributed by atoms with van der Waals surface area (Å²) in [5, 5.41) is 0. The summed E-state index contributed by atoms with van der Waals surface area (Å²) < 4.78 is 13.7. The number of benzene rings is 1. The summed E-state index contributed by atoms with van der Waals surface area (Å²) in [6, 6.07) is 13.2. The maximum absolute atomic E-state index is 13.7. The third kappa shape index (κ3) is 2.77. The van der Waals surface area contributed by atoms with Gasteiger partial charge in [0.1, 0.15) is 11.7 Å². The number of nitrogens with zero attached hydrogens (tertiary/aromatic N) is 5. The lowest BCUT2D eigenvalue weighted by Gasteiger charge is -2.33. The zero-order chi connectivity index (χ0) is 19.8. The van der Waals surface area contributed by atoms with Crippen LogP contribution < -0.4 is 5.73 Å². The summed E-state index contributed by atoms with van der Waals surface area (Å²) in [7, 11) is 0. The molecule has 7 heteroatoms. The lowest BCUT2D eigenvalue weighted by Crippen LogP contribution is -2.46. The molecular formula is C22H19FN6. The van der Waals surface area contributed by atoms with E-state index in [9.17, 15) is 4.39 Å². The molecule has 2 aliphatic heterocycles. The number of aromatic nitrogens is 2. The lowest BCUT2D eigenvalue weighted by atomic mass is 9.81. The van der Waals surface area contributed by atoms with Crippen LogP contribution in [0.15, 0.2) is 77.2 Å². The van der Waals surface area contributed by atoms with Gasteiger partial charge in [0.05, 0.1) is 6.20 Å². The van der Waals surface area contributed by atoms with Gasteiger partial charge in [0.15, 0.2) is 11.5 Å². The molecule has 0 aliphatic carbocycles. The van der Waals surface area contributed by atoms with Gasteiger partial charge in [-0.25, -0.2) is 9.38 Å². The number of aliphatic imine (C=N–C) groups is 2. The van der Waals surface area contributed by atoms with Gasteiger partial charge in [-0.2, -0.15) is 0 Å². The summed E-state index contributed by atoms with van der Waals surface area (Å²) in [6.45, 7) is 1.52. The van der Waals surface area contributed by atoms with Crippen molar-refractivity contribution in [1.29, 1.82) is 0 Å². The fourth-order valence-electron chi connectivity index (χ4n) is 4.06. The van der Waals surface area contributed by atoms with Crippen LogP contribution >= 0.6 is 0 Å². The minimum Gasteiger partial charge on any atom is -0.369 e.